The van der Waals surface area contributed by atoms with Crippen molar-refractivity contribution >= 4 is 11.6 Å². The van der Waals surface area contributed by atoms with Gasteiger partial charge in [-0.1, -0.05) is 12.1 Å². The Bertz CT molecular complexity index is 700. The van der Waals surface area contributed by atoms with Gasteiger partial charge in [-0.2, -0.15) is 5.26 Å². The highest BCUT2D eigenvalue weighted by Crippen LogP contribution is 2.23. The van der Waals surface area contributed by atoms with E-state index in [4.69, 9.17) is 5.26 Å². The number of aromatic nitrogens is 1. The molecule has 5 heteroatoms. The summed E-state index contributed by atoms with van der Waals surface area (Å²) in [5.74, 6) is -0.417. The molecule has 0 fully saturated rings. The van der Waals surface area contributed by atoms with E-state index in [0.717, 1.165) is 5.56 Å². The molecule has 2 aromatic rings. The summed E-state index contributed by atoms with van der Waals surface area (Å²) < 4.78 is 0. The van der Waals surface area contributed by atoms with Gasteiger partial charge in [0.1, 0.15) is 5.75 Å². The van der Waals surface area contributed by atoms with E-state index in [2.05, 4.69) is 16.4 Å². The summed E-state index contributed by atoms with van der Waals surface area (Å²) in [5.41, 5.74) is 1.19. The molecular weight excluding hydrogens is 266 g/mol. The lowest BCUT2D eigenvalue weighted by Gasteiger charge is -2.16. The molecule has 0 bridgehead atoms. The standard InChI is InChI=1S/C16H15N3O2/c1-16(2,10-17)12-3-5-13(6-4-12)19-15(21)11-7-14(20)9-18-8-11/h3-9,20H,1-2H3,(H,19,21). The van der Waals surface area contributed by atoms with Crippen molar-refractivity contribution < 1.29 is 9.90 Å². The molecule has 0 saturated carbocycles. The number of anilines is 1. The molecule has 0 saturated heterocycles. The van der Waals surface area contributed by atoms with E-state index in [1.807, 2.05) is 13.8 Å². The molecule has 106 valence electrons. The van der Waals surface area contributed by atoms with Gasteiger partial charge < -0.3 is 10.4 Å². The first-order valence-electron chi connectivity index (χ1n) is 6.39. The van der Waals surface area contributed by atoms with Crippen molar-refractivity contribution in [3.63, 3.8) is 0 Å². The van der Waals surface area contributed by atoms with E-state index in [1.54, 1.807) is 24.3 Å². The Labute approximate surface area is 122 Å². The van der Waals surface area contributed by atoms with Crippen LogP contribution < -0.4 is 5.32 Å². The summed E-state index contributed by atoms with van der Waals surface area (Å²) in [5, 5.41) is 21.1. The number of nitrogens with zero attached hydrogens (tertiary/aromatic N) is 2. The number of aromatic hydroxyl groups is 1. The Balaban J connectivity index is 2.14. The topological polar surface area (TPSA) is 86.0 Å². The zero-order valence-corrected chi connectivity index (χ0v) is 11.8. The maximum atomic E-state index is 12.0. The third kappa shape index (κ3) is 3.37. The second kappa shape index (κ2) is 5.63. The Hall–Kier alpha value is -2.87. The first-order chi connectivity index (χ1) is 9.92. The number of hydrogen-bond donors (Lipinski definition) is 2. The molecule has 0 radical (unpaired) electrons. The van der Waals surface area contributed by atoms with Gasteiger partial charge in [-0.3, -0.25) is 9.78 Å². The molecule has 1 heterocycles. The maximum absolute atomic E-state index is 12.0. The van der Waals surface area contributed by atoms with Crippen LogP contribution in [0.2, 0.25) is 0 Å². The number of nitriles is 1. The monoisotopic (exact) mass is 281 g/mol. The van der Waals surface area contributed by atoms with Crippen LogP contribution in [0.25, 0.3) is 0 Å². The number of amides is 1. The minimum atomic E-state index is -0.572. The molecule has 1 aromatic heterocycles. The fourth-order valence-corrected chi connectivity index (χ4v) is 1.79. The number of carbonyl (C=O) groups is 1. The Morgan fingerprint density at radius 3 is 2.52 bits per heavy atom. The molecule has 2 N–H and O–H groups in total. The van der Waals surface area contributed by atoms with Crippen molar-refractivity contribution in [3.05, 3.63) is 53.9 Å². The number of nitrogens with one attached hydrogen (secondary N) is 1. The van der Waals surface area contributed by atoms with Crippen LogP contribution in [0.4, 0.5) is 5.69 Å². The minimum Gasteiger partial charge on any atom is -0.506 e. The first kappa shape index (κ1) is 14.5. The van der Waals surface area contributed by atoms with E-state index in [0.29, 0.717) is 5.69 Å². The number of carbonyl (C=O) groups excluding carboxylic acids is 1. The van der Waals surface area contributed by atoms with Crippen LogP contribution in [-0.2, 0) is 5.41 Å². The fraction of sp³-hybridized carbons (Fsp3) is 0.188. The van der Waals surface area contributed by atoms with E-state index in [1.165, 1.54) is 18.5 Å². The van der Waals surface area contributed by atoms with Gasteiger partial charge in [0, 0.05) is 11.9 Å². The zero-order valence-electron chi connectivity index (χ0n) is 11.8. The van der Waals surface area contributed by atoms with Crippen molar-refractivity contribution in [2.45, 2.75) is 19.3 Å². The van der Waals surface area contributed by atoms with Gasteiger partial charge in [0.15, 0.2) is 0 Å². The van der Waals surface area contributed by atoms with Crippen molar-refractivity contribution in [1.29, 1.82) is 5.26 Å². The van der Waals surface area contributed by atoms with Gasteiger partial charge in [0.2, 0.25) is 0 Å². The van der Waals surface area contributed by atoms with Gasteiger partial charge in [-0.25, -0.2) is 0 Å². The highest BCUT2D eigenvalue weighted by Gasteiger charge is 2.19. The van der Waals surface area contributed by atoms with E-state index < -0.39 is 5.41 Å². The number of pyridine rings is 1. The molecule has 0 atom stereocenters. The van der Waals surface area contributed by atoms with Crippen LogP contribution >= 0.6 is 0 Å². The maximum Gasteiger partial charge on any atom is 0.257 e. The van der Waals surface area contributed by atoms with Crippen molar-refractivity contribution in [3.8, 4) is 11.8 Å². The molecule has 0 spiro atoms. The number of rotatable bonds is 3. The molecule has 0 aliphatic heterocycles. The van der Waals surface area contributed by atoms with E-state index in [-0.39, 0.29) is 17.2 Å². The predicted molar refractivity (Wildman–Crippen MR) is 78.9 cm³/mol. The highest BCUT2D eigenvalue weighted by atomic mass is 16.3. The normalized spacial score (nSPS) is 10.7. The van der Waals surface area contributed by atoms with Crippen molar-refractivity contribution in [2.24, 2.45) is 0 Å². The van der Waals surface area contributed by atoms with E-state index in [9.17, 15) is 9.90 Å². The van der Waals surface area contributed by atoms with Gasteiger partial charge in [0.05, 0.1) is 23.2 Å². The lowest BCUT2D eigenvalue weighted by Crippen LogP contribution is -2.15. The summed E-state index contributed by atoms with van der Waals surface area (Å²) in [4.78, 5) is 15.7. The summed E-state index contributed by atoms with van der Waals surface area (Å²) in [6.07, 6.45) is 2.64. The molecular formula is C16H15N3O2. The third-order valence-electron chi connectivity index (χ3n) is 3.13. The quantitative estimate of drug-likeness (QED) is 0.905. The minimum absolute atomic E-state index is 0.0613. The van der Waals surface area contributed by atoms with Crippen molar-refractivity contribution in [2.75, 3.05) is 5.32 Å². The Morgan fingerprint density at radius 1 is 1.29 bits per heavy atom. The average Bonchev–Trinajstić information content (AvgIpc) is 2.48. The average molecular weight is 281 g/mol. The highest BCUT2D eigenvalue weighted by molar-refractivity contribution is 6.04. The lowest BCUT2D eigenvalue weighted by atomic mass is 9.86. The third-order valence-corrected chi connectivity index (χ3v) is 3.13. The molecule has 0 aliphatic carbocycles. The van der Waals surface area contributed by atoms with Gasteiger partial charge in [-0.05, 0) is 37.6 Å². The fourth-order valence-electron chi connectivity index (χ4n) is 1.79. The van der Waals surface area contributed by atoms with Crippen LogP contribution in [0.15, 0.2) is 42.7 Å². The summed E-state index contributed by atoms with van der Waals surface area (Å²) in [6, 6.07) is 10.7. The van der Waals surface area contributed by atoms with Gasteiger partial charge >= 0.3 is 0 Å². The smallest absolute Gasteiger partial charge is 0.257 e. The second-order valence-corrected chi connectivity index (χ2v) is 5.20. The first-order valence-corrected chi connectivity index (χ1v) is 6.39. The molecule has 0 unspecified atom stereocenters. The van der Waals surface area contributed by atoms with Crippen LogP contribution in [-0.4, -0.2) is 16.0 Å². The van der Waals surface area contributed by atoms with Gasteiger partial charge in [0.25, 0.3) is 5.91 Å². The lowest BCUT2D eigenvalue weighted by molar-refractivity contribution is 0.102. The Kier molecular flexibility index (Phi) is 3.90. The number of hydrogen-bond acceptors (Lipinski definition) is 4. The largest absolute Gasteiger partial charge is 0.506 e. The molecule has 1 amide bonds. The summed E-state index contributed by atoms with van der Waals surface area (Å²) in [6.45, 7) is 3.66. The molecule has 5 nitrogen and oxygen atoms in total. The van der Waals surface area contributed by atoms with Crippen LogP contribution in [0.5, 0.6) is 5.75 Å². The van der Waals surface area contributed by atoms with Crippen LogP contribution in [0.3, 0.4) is 0 Å². The van der Waals surface area contributed by atoms with Crippen LogP contribution in [0, 0.1) is 11.3 Å². The van der Waals surface area contributed by atoms with Crippen LogP contribution in [0.1, 0.15) is 29.8 Å². The molecule has 1 aromatic carbocycles. The summed E-state index contributed by atoms with van der Waals surface area (Å²) in [7, 11) is 0. The predicted octanol–water partition coefficient (Wildman–Crippen LogP) is 2.84. The van der Waals surface area contributed by atoms with Crippen molar-refractivity contribution in [1.82, 2.24) is 4.98 Å². The summed E-state index contributed by atoms with van der Waals surface area (Å²) >= 11 is 0. The molecule has 0 aliphatic rings. The second-order valence-electron chi connectivity index (χ2n) is 5.20. The molecule has 21 heavy (non-hydrogen) atoms. The van der Waals surface area contributed by atoms with Gasteiger partial charge in [-0.15, -0.1) is 0 Å². The van der Waals surface area contributed by atoms with E-state index >= 15 is 0 Å². The molecule has 2 rings (SSSR count). The zero-order chi connectivity index (χ0) is 15.5. The Morgan fingerprint density at radius 2 is 1.95 bits per heavy atom. The SMILES string of the molecule is CC(C)(C#N)c1ccc(NC(=O)c2cncc(O)c2)cc1. The number of benzene rings is 1.